The summed E-state index contributed by atoms with van der Waals surface area (Å²) in [5, 5.41) is 5.48. The smallest absolute Gasteiger partial charge is 0.357 e. The molecule has 1 aromatic carbocycles. The van der Waals surface area contributed by atoms with E-state index in [1.807, 2.05) is 29.2 Å². The fourth-order valence-electron chi connectivity index (χ4n) is 3.61. The van der Waals surface area contributed by atoms with Crippen LogP contribution in [-0.4, -0.2) is 34.5 Å². The Morgan fingerprint density at radius 1 is 1.17 bits per heavy atom. The number of thiazole rings is 1. The molecule has 1 fully saturated rings. The van der Waals surface area contributed by atoms with Crippen LogP contribution < -0.4 is 5.32 Å². The highest BCUT2D eigenvalue weighted by molar-refractivity contribution is 7.09. The van der Waals surface area contributed by atoms with Crippen LogP contribution in [0.25, 0.3) is 0 Å². The van der Waals surface area contributed by atoms with Gasteiger partial charge in [-0.1, -0.05) is 38.3 Å². The molecular weight excluding hydrogens is 386 g/mol. The zero-order valence-electron chi connectivity index (χ0n) is 17.1. The molecule has 0 saturated heterocycles. The van der Waals surface area contributed by atoms with Crippen molar-refractivity contribution in [1.29, 1.82) is 0 Å². The number of anilines is 1. The van der Waals surface area contributed by atoms with Gasteiger partial charge in [0.05, 0.1) is 13.2 Å². The lowest BCUT2D eigenvalue weighted by molar-refractivity contribution is 0.0520. The monoisotopic (exact) mass is 415 g/mol. The Labute approximate surface area is 176 Å². The molecule has 2 aromatic rings. The zero-order valence-corrected chi connectivity index (χ0v) is 18.0. The van der Waals surface area contributed by atoms with Gasteiger partial charge in [0, 0.05) is 17.1 Å². The molecule has 1 aliphatic carbocycles. The highest BCUT2D eigenvalue weighted by atomic mass is 32.1. The van der Waals surface area contributed by atoms with Gasteiger partial charge in [-0.05, 0) is 43.9 Å². The van der Waals surface area contributed by atoms with E-state index >= 15 is 0 Å². The first kappa shape index (κ1) is 21.3. The predicted molar refractivity (Wildman–Crippen MR) is 115 cm³/mol. The second-order valence-electron chi connectivity index (χ2n) is 7.25. The van der Waals surface area contributed by atoms with Crippen molar-refractivity contribution < 1.29 is 14.3 Å². The largest absolute Gasteiger partial charge is 0.461 e. The minimum atomic E-state index is -0.417. The van der Waals surface area contributed by atoms with E-state index in [-0.39, 0.29) is 12.1 Å². The molecule has 0 bridgehead atoms. The molecule has 1 saturated carbocycles. The molecule has 1 N–H and O–H groups in total. The molecule has 6 nitrogen and oxygen atoms in total. The van der Waals surface area contributed by atoms with Crippen molar-refractivity contribution in [3.8, 4) is 0 Å². The summed E-state index contributed by atoms with van der Waals surface area (Å²) in [7, 11) is 0. The van der Waals surface area contributed by atoms with Crippen LogP contribution in [0.5, 0.6) is 0 Å². The van der Waals surface area contributed by atoms with E-state index < -0.39 is 5.97 Å². The summed E-state index contributed by atoms with van der Waals surface area (Å²) in [5.41, 5.74) is 2.34. The SMILES string of the molecule is CCOC(=O)c1csc(CN(C(=O)Nc2ccc(CC)cc2)C2CCCCC2)n1. The zero-order chi connectivity index (χ0) is 20.6. The quantitative estimate of drug-likeness (QED) is 0.627. The second-order valence-corrected chi connectivity index (χ2v) is 8.19. The molecule has 0 aliphatic heterocycles. The average molecular weight is 416 g/mol. The average Bonchev–Trinajstić information content (AvgIpc) is 3.22. The topological polar surface area (TPSA) is 71.5 Å². The van der Waals surface area contributed by atoms with Gasteiger partial charge in [0.25, 0.3) is 0 Å². The van der Waals surface area contributed by atoms with Crippen molar-refractivity contribution in [3.63, 3.8) is 0 Å². The van der Waals surface area contributed by atoms with Crippen LogP contribution in [-0.2, 0) is 17.7 Å². The van der Waals surface area contributed by atoms with Gasteiger partial charge in [-0.3, -0.25) is 0 Å². The maximum absolute atomic E-state index is 13.1. The second kappa shape index (κ2) is 10.4. The summed E-state index contributed by atoms with van der Waals surface area (Å²) in [6.07, 6.45) is 6.44. The summed E-state index contributed by atoms with van der Waals surface area (Å²) in [6, 6.07) is 8.03. The number of carbonyl (C=O) groups excluding carboxylic acids is 2. The fraction of sp³-hybridized carbons (Fsp3) is 0.500. The van der Waals surface area contributed by atoms with Crippen LogP contribution in [0, 0.1) is 0 Å². The van der Waals surface area contributed by atoms with Crippen molar-refractivity contribution in [1.82, 2.24) is 9.88 Å². The molecule has 29 heavy (non-hydrogen) atoms. The maximum Gasteiger partial charge on any atom is 0.357 e. The van der Waals surface area contributed by atoms with Gasteiger partial charge in [-0.25, -0.2) is 14.6 Å². The van der Waals surface area contributed by atoms with E-state index in [2.05, 4.69) is 17.2 Å². The number of hydrogen-bond acceptors (Lipinski definition) is 5. The van der Waals surface area contributed by atoms with Gasteiger partial charge < -0.3 is 15.0 Å². The number of nitrogens with zero attached hydrogens (tertiary/aromatic N) is 2. The Balaban J connectivity index is 1.73. The standard InChI is InChI=1S/C22H29N3O3S/c1-3-16-10-12-17(13-11-16)23-22(27)25(18-8-6-5-7-9-18)14-20-24-19(15-29-20)21(26)28-4-2/h10-13,15,18H,3-9,14H2,1-2H3,(H,23,27). The van der Waals surface area contributed by atoms with E-state index in [1.54, 1.807) is 12.3 Å². The van der Waals surface area contributed by atoms with Gasteiger partial charge in [0.2, 0.25) is 0 Å². The lowest BCUT2D eigenvalue weighted by atomic mass is 9.94. The van der Waals surface area contributed by atoms with Gasteiger partial charge >= 0.3 is 12.0 Å². The third-order valence-electron chi connectivity index (χ3n) is 5.23. The Morgan fingerprint density at radius 3 is 2.55 bits per heavy atom. The molecule has 3 rings (SSSR count). The van der Waals surface area contributed by atoms with Gasteiger partial charge in [0.1, 0.15) is 5.01 Å². The van der Waals surface area contributed by atoms with Crippen LogP contribution in [0.3, 0.4) is 0 Å². The third kappa shape index (κ3) is 5.79. The highest BCUT2D eigenvalue weighted by Crippen LogP contribution is 2.26. The van der Waals surface area contributed by atoms with E-state index in [4.69, 9.17) is 4.74 Å². The predicted octanol–water partition coefficient (Wildman–Crippen LogP) is 5.25. The number of benzene rings is 1. The van der Waals surface area contributed by atoms with E-state index in [1.165, 1.54) is 23.3 Å². The molecule has 1 aliphatic rings. The molecule has 1 aromatic heterocycles. The first-order valence-corrected chi connectivity index (χ1v) is 11.3. The molecule has 2 amide bonds. The number of amides is 2. The normalized spacial score (nSPS) is 14.4. The number of hydrogen-bond donors (Lipinski definition) is 1. The van der Waals surface area contributed by atoms with Crippen LogP contribution in [0.4, 0.5) is 10.5 Å². The number of urea groups is 1. The number of nitrogens with one attached hydrogen (secondary N) is 1. The molecule has 1 heterocycles. The van der Waals surface area contributed by atoms with E-state index in [0.29, 0.717) is 18.8 Å². The minimum Gasteiger partial charge on any atom is -0.461 e. The minimum absolute atomic E-state index is 0.117. The number of rotatable bonds is 7. The number of esters is 1. The van der Waals surface area contributed by atoms with Gasteiger partial charge in [-0.15, -0.1) is 11.3 Å². The Kier molecular flexibility index (Phi) is 7.63. The van der Waals surface area contributed by atoms with Crippen molar-refractivity contribution in [3.05, 3.63) is 45.9 Å². The molecule has 0 spiro atoms. The van der Waals surface area contributed by atoms with Crippen molar-refractivity contribution in [2.45, 2.75) is 65.0 Å². The van der Waals surface area contributed by atoms with Gasteiger partial charge in [-0.2, -0.15) is 0 Å². The summed E-state index contributed by atoms with van der Waals surface area (Å²) in [5.74, 6) is -0.417. The number of carbonyl (C=O) groups is 2. The third-order valence-corrected chi connectivity index (χ3v) is 6.07. The first-order chi connectivity index (χ1) is 14.1. The van der Waals surface area contributed by atoms with E-state index in [0.717, 1.165) is 42.8 Å². The summed E-state index contributed by atoms with van der Waals surface area (Å²) in [6.45, 7) is 4.59. The number of aryl methyl sites for hydroxylation is 1. The van der Waals surface area contributed by atoms with Crippen LogP contribution in [0.1, 0.15) is 67.0 Å². The summed E-state index contributed by atoms with van der Waals surface area (Å²) < 4.78 is 5.02. The maximum atomic E-state index is 13.1. The molecule has 0 unspecified atom stereocenters. The van der Waals surface area contributed by atoms with Crippen molar-refractivity contribution >= 4 is 29.0 Å². The van der Waals surface area contributed by atoms with Gasteiger partial charge in [0.15, 0.2) is 5.69 Å². The molecule has 156 valence electrons. The Hall–Kier alpha value is -2.41. The molecule has 0 radical (unpaired) electrons. The van der Waals surface area contributed by atoms with Crippen molar-refractivity contribution in [2.24, 2.45) is 0 Å². The van der Waals surface area contributed by atoms with Crippen LogP contribution in [0.15, 0.2) is 29.6 Å². The molecular formula is C22H29N3O3S. The molecule has 7 heteroatoms. The number of ether oxygens (including phenoxy) is 1. The van der Waals surface area contributed by atoms with E-state index in [9.17, 15) is 9.59 Å². The van der Waals surface area contributed by atoms with Crippen LogP contribution in [0.2, 0.25) is 0 Å². The highest BCUT2D eigenvalue weighted by Gasteiger charge is 2.27. The summed E-state index contributed by atoms with van der Waals surface area (Å²) >= 11 is 1.39. The Bertz CT molecular complexity index is 813. The molecule has 0 atom stereocenters. The first-order valence-electron chi connectivity index (χ1n) is 10.4. The Morgan fingerprint density at radius 2 is 1.90 bits per heavy atom. The lowest BCUT2D eigenvalue weighted by Crippen LogP contribution is -2.43. The fourth-order valence-corrected chi connectivity index (χ4v) is 4.37. The summed E-state index contributed by atoms with van der Waals surface area (Å²) in [4.78, 5) is 31.3. The van der Waals surface area contributed by atoms with Crippen LogP contribution >= 0.6 is 11.3 Å². The number of aromatic nitrogens is 1. The lowest BCUT2D eigenvalue weighted by Gasteiger charge is -2.33. The van der Waals surface area contributed by atoms with Crippen molar-refractivity contribution in [2.75, 3.05) is 11.9 Å².